The quantitative estimate of drug-likeness (QED) is 0.542. The van der Waals surface area contributed by atoms with Gasteiger partial charge in [0, 0.05) is 17.8 Å². The van der Waals surface area contributed by atoms with E-state index in [1.54, 1.807) is 12.4 Å². The number of nitrogens with two attached hydrogens (primary N) is 1. The second kappa shape index (κ2) is 2.34. The van der Waals surface area contributed by atoms with Gasteiger partial charge >= 0.3 is 0 Å². The maximum Gasteiger partial charge on any atom is 0.170 e. The molecular weight excluding hydrogens is 152 g/mol. The van der Waals surface area contributed by atoms with E-state index in [2.05, 4.69) is 4.98 Å². The predicted molar refractivity (Wildman–Crippen MR) is 45.7 cm³/mol. The Bertz CT molecular complexity index is 472. The van der Waals surface area contributed by atoms with Crippen LogP contribution in [0, 0.1) is 5.41 Å². The van der Waals surface area contributed by atoms with Gasteiger partial charge in [0.25, 0.3) is 0 Å². The number of nitrogens with one attached hydrogen (secondary N) is 1. The second-order valence-corrected chi connectivity index (χ2v) is 2.51. The van der Waals surface area contributed by atoms with E-state index in [0.717, 1.165) is 5.39 Å². The van der Waals surface area contributed by atoms with E-state index in [0.29, 0.717) is 5.52 Å². The molecule has 0 fully saturated rings. The summed E-state index contributed by atoms with van der Waals surface area (Å²) in [6.45, 7) is 0. The van der Waals surface area contributed by atoms with Crippen LogP contribution in [0.3, 0.4) is 0 Å². The van der Waals surface area contributed by atoms with Crippen molar-refractivity contribution in [3.63, 3.8) is 0 Å². The highest BCUT2D eigenvalue weighted by Crippen LogP contribution is 2.02. The zero-order chi connectivity index (χ0) is 8.55. The van der Waals surface area contributed by atoms with Gasteiger partial charge in [-0.1, -0.05) is 6.07 Å². The van der Waals surface area contributed by atoms with Crippen molar-refractivity contribution < 1.29 is 0 Å². The van der Waals surface area contributed by atoms with Gasteiger partial charge in [-0.2, -0.15) is 0 Å². The first-order chi connectivity index (χ1) is 5.79. The van der Waals surface area contributed by atoms with Gasteiger partial charge in [-0.05, 0) is 12.1 Å². The normalized spacial score (nSPS) is 10.3. The topological polar surface area (TPSA) is 67.7 Å². The monoisotopic (exact) mass is 160 g/mol. The third kappa shape index (κ3) is 0.852. The van der Waals surface area contributed by atoms with Crippen LogP contribution in [0.2, 0.25) is 0 Å². The molecule has 0 aliphatic carbocycles. The Morgan fingerprint density at radius 2 is 2.25 bits per heavy atom. The molecule has 0 bridgehead atoms. The summed E-state index contributed by atoms with van der Waals surface area (Å²) < 4.78 is 1.25. The van der Waals surface area contributed by atoms with Crippen molar-refractivity contribution in [3.05, 3.63) is 36.1 Å². The minimum atomic E-state index is 0.230. The van der Waals surface area contributed by atoms with Crippen LogP contribution in [0.4, 0.5) is 0 Å². The molecule has 4 nitrogen and oxygen atoms in total. The van der Waals surface area contributed by atoms with Gasteiger partial charge in [0.2, 0.25) is 0 Å². The van der Waals surface area contributed by atoms with Crippen molar-refractivity contribution in [3.8, 4) is 0 Å². The summed E-state index contributed by atoms with van der Waals surface area (Å²) in [6, 6.07) is 5.57. The second-order valence-electron chi connectivity index (χ2n) is 2.51. The first-order valence-corrected chi connectivity index (χ1v) is 3.55. The Balaban J connectivity index is 3.01. The van der Waals surface area contributed by atoms with Crippen LogP contribution < -0.4 is 11.3 Å². The largest absolute Gasteiger partial charge is 0.338 e. The van der Waals surface area contributed by atoms with Gasteiger partial charge in [-0.3, -0.25) is 15.1 Å². The molecule has 3 N–H and O–H groups in total. The van der Waals surface area contributed by atoms with Gasteiger partial charge in [-0.25, -0.2) is 0 Å². The molecule has 0 aliphatic rings. The minimum Gasteiger partial charge on any atom is -0.338 e. The van der Waals surface area contributed by atoms with Crippen LogP contribution in [-0.2, 0) is 0 Å². The van der Waals surface area contributed by atoms with Crippen LogP contribution in [0.15, 0.2) is 30.6 Å². The summed E-state index contributed by atoms with van der Waals surface area (Å²) in [5.74, 6) is 5.48. The lowest BCUT2D eigenvalue weighted by molar-refractivity contribution is 0.892. The summed E-state index contributed by atoms with van der Waals surface area (Å²) in [4.78, 5) is 4.05. The van der Waals surface area contributed by atoms with E-state index in [1.807, 2.05) is 18.2 Å². The average molecular weight is 160 g/mol. The zero-order valence-corrected chi connectivity index (χ0v) is 6.36. The molecule has 4 heteroatoms. The van der Waals surface area contributed by atoms with E-state index in [-0.39, 0.29) is 5.49 Å². The summed E-state index contributed by atoms with van der Waals surface area (Å²) in [6.07, 6.45) is 3.30. The maximum absolute atomic E-state index is 7.56. The molecule has 2 rings (SSSR count). The number of pyridine rings is 2. The highest BCUT2D eigenvalue weighted by atomic mass is 15.3. The number of nitrogen functional groups attached to an aromatic ring is 1. The van der Waals surface area contributed by atoms with E-state index in [9.17, 15) is 0 Å². The first-order valence-electron chi connectivity index (χ1n) is 3.55. The Labute approximate surface area is 68.8 Å². The SMILES string of the molecule is N=c1c2ncccc2ccn1N. The number of rotatable bonds is 0. The standard InChI is InChI=1S/C8H8N4/c9-8-7-6(2-1-4-11-7)3-5-12(8)10/h1-5,9H,10H2. The Morgan fingerprint density at radius 3 is 3.08 bits per heavy atom. The minimum absolute atomic E-state index is 0.230. The molecule has 0 spiro atoms. The fourth-order valence-corrected chi connectivity index (χ4v) is 1.11. The van der Waals surface area contributed by atoms with E-state index < -0.39 is 0 Å². The zero-order valence-electron chi connectivity index (χ0n) is 6.36. The van der Waals surface area contributed by atoms with Crippen molar-refractivity contribution in [2.45, 2.75) is 0 Å². The maximum atomic E-state index is 7.56. The predicted octanol–water partition coefficient (Wildman–Crippen LogP) is 0.230. The lowest BCUT2D eigenvalue weighted by Crippen LogP contribution is -2.26. The Morgan fingerprint density at radius 1 is 1.42 bits per heavy atom. The van der Waals surface area contributed by atoms with Gasteiger partial charge in [0.1, 0.15) is 5.52 Å². The Kier molecular flexibility index (Phi) is 1.33. The number of hydrogen-bond donors (Lipinski definition) is 2. The van der Waals surface area contributed by atoms with Crippen LogP contribution in [0.5, 0.6) is 0 Å². The van der Waals surface area contributed by atoms with Crippen molar-refractivity contribution in [2.75, 3.05) is 5.84 Å². The summed E-state index contributed by atoms with van der Waals surface area (Å²) >= 11 is 0. The highest BCUT2D eigenvalue weighted by molar-refractivity contribution is 5.76. The molecule has 0 aliphatic heterocycles. The smallest absolute Gasteiger partial charge is 0.170 e. The number of aromatic nitrogens is 2. The molecule has 0 saturated heterocycles. The van der Waals surface area contributed by atoms with Crippen molar-refractivity contribution in [1.29, 1.82) is 5.41 Å². The molecule has 60 valence electrons. The van der Waals surface area contributed by atoms with Gasteiger partial charge in [-0.15, -0.1) is 0 Å². The van der Waals surface area contributed by atoms with Crippen molar-refractivity contribution in [2.24, 2.45) is 0 Å². The van der Waals surface area contributed by atoms with Gasteiger partial charge in [0.05, 0.1) is 0 Å². The molecule has 2 heterocycles. The Hall–Kier alpha value is -1.84. The van der Waals surface area contributed by atoms with E-state index >= 15 is 0 Å². The fourth-order valence-electron chi connectivity index (χ4n) is 1.11. The van der Waals surface area contributed by atoms with Crippen LogP contribution >= 0.6 is 0 Å². The van der Waals surface area contributed by atoms with Crippen molar-refractivity contribution in [1.82, 2.24) is 9.66 Å². The molecule has 12 heavy (non-hydrogen) atoms. The molecule has 0 atom stereocenters. The highest BCUT2D eigenvalue weighted by Gasteiger charge is 1.95. The first kappa shape index (κ1) is 6.84. The van der Waals surface area contributed by atoms with Crippen molar-refractivity contribution >= 4 is 10.9 Å². The van der Waals surface area contributed by atoms with E-state index in [1.165, 1.54) is 4.68 Å². The molecular formula is C8H8N4. The van der Waals surface area contributed by atoms with Gasteiger partial charge < -0.3 is 5.84 Å². The molecule has 0 unspecified atom stereocenters. The summed E-state index contributed by atoms with van der Waals surface area (Å²) in [5, 5.41) is 8.50. The summed E-state index contributed by atoms with van der Waals surface area (Å²) in [7, 11) is 0. The third-order valence-corrected chi connectivity index (χ3v) is 1.74. The van der Waals surface area contributed by atoms with Crippen LogP contribution in [0.25, 0.3) is 10.9 Å². The van der Waals surface area contributed by atoms with Crippen LogP contribution in [-0.4, -0.2) is 9.66 Å². The number of hydrogen-bond acceptors (Lipinski definition) is 3. The third-order valence-electron chi connectivity index (χ3n) is 1.74. The van der Waals surface area contributed by atoms with Crippen LogP contribution in [0.1, 0.15) is 0 Å². The molecule has 0 aromatic carbocycles. The lowest BCUT2D eigenvalue weighted by atomic mass is 10.3. The molecule has 0 saturated carbocycles. The summed E-state index contributed by atoms with van der Waals surface area (Å²) in [5.41, 5.74) is 0.857. The molecule has 0 amide bonds. The molecule has 2 aromatic heterocycles. The van der Waals surface area contributed by atoms with E-state index in [4.69, 9.17) is 11.3 Å². The number of nitrogens with zero attached hydrogens (tertiary/aromatic N) is 2. The molecule has 0 radical (unpaired) electrons. The fraction of sp³-hybridized carbons (Fsp3) is 0. The lowest BCUT2D eigenvalue weighted by Gasteiger charge is -2.00. The van der Waals surface area contributed by atoms with Gasteiger partial charge in [0.15, 0.2) is 5.49 Å². The number of fused-ring (bicyclic) bond motifs is 1. The molecule has 2 aromatic rings. The average Bonchev–Trinajstić information content (AvgIpc) is 2.12.